The van der Waals surface area contributed by atoms with E-state index in [4.69, 9.17) is 9.47 Å². The Balaban J connectivity index is 1.07. The maximum atomic E-state index is 13.3. The first-order valence-corrected chi connectivity index (χ1v) is 16.7. The number of esters is 2. The minimum Gasteiger partial charge on any atom is -0.465 e. The zero-order valence-corrected chi connectivity index (χ0v) is 24.9. The molecule has 0 aromatic rings. The fourth-order valence-electron chi connectivity index (χ4n) is 11.6. The normalized spacial score (nSPS) is 45.9. The van der Waals surface area contributed by atoms with Crippen molar-refractivity contribution in [2.24, 2.45) is 52.3 Å². The van der Waals surface area contributed by atoms with E-state index in [-0.39, 0.29) is 24.0 Å². The van der Waals surface area contributed by atoms with Crippen LogP contribution in [0.15, 0.2) is 0 Å². The van der Waals surface area contributed by atoms with Gasteiger partial charge >= 0.3 is 11.9 Å². The summed E-state index contributed by atoms with van der Waals surface area (Å²) in [6.07, 6.45) is 18.1. The number of hydrogen-bond acceptors (Lipinski definition) is 5. The van der Waals surface area contributed by atoms with E-state index >= 15 is 0 Å². The van der Waals surface area contributed by atoms with Crippen molar-refractivity contribution >= 4 is 11.9 Å². The average Bonchev–Trinajstić information content (AvgIpc) is 3.51. The lowest BCUT2D eigenvalue weighted by Crippen LogP contribution is -2.54. The largest absolute Gasteiger partial charge is 0.465 e. The summed E-state index contributed by atoms with van der Waals surface area (Å²) >= 11 is 0. The fourth-order valence-corrected chi connectivity index (χ4v) is 11.6. The van der Waals surface area contributed by atoms with Crippen LogP contribution in [0.1, 0.15) is 130 Å². The second-order valence-electron chi connectivity index (χ2n) is 15.5. The number of aliphatic hydroxyl groups is 1. The number of aliphatic hydroxyl groups excluding tert-OH is 1. The van der Waals surface area contributed by atoms with Gasteiger partial charge in [-0.25, -0.2) is 0 Å². The van der Waals surface area contributed by atoms with Gasteiger partial charge in [-0.3, -0.25) is 9.59 Å². The first kappa shape index (κ1) is 28.0. The number of carbonyl (C=O) groups excluding carboxylic acids is 2. The highest BCUT2D eigenvalue weighted by atomic mass is 16.6. The van der Waals surface area contributed by atoms with Crippen LogP contribution in [0.25, 0.3) is 0 Å². The Hall–Kier alpha value is -1.10. The monoisotopic (exact) mass is 542 g/mol. The summed E-state index contributed by atoms with van der Waals surface area (Å²) in [6.45, 7) is 8.00. The Kier molecular flexibility index (Phi) is 7.64. The van der Waals surface area contributed by atoms with E-state index in [0.29, 0.717) is 42.1 Å². The van der Waals surface area contributed by atoms with Crippen molar-refractivity contribution in [2.45, 2.75) is 142 Å². The van der Waals surface area contributed by atoms with Gasteiger partial charge in [-0.05, 0) is 136 Å². The average molecular weight is 543 g/mol. The quantitative estimate of drug-likeness (QED) is 0.358. The third kappa shape index (κ3) is 4.89. The van der Waals surface area contributed by atoms with Crippen LogP contribution in [0.5, 0.6) is 0 Å². The van der Waals surface area contributed by atoms with E-state index in [1.807, 2.05) is 0 Å². The first-order chi connectivity index (χ1) is 18.6. The Labute approximate surface area is 236 Å². The summed E-state index contributed by atoms with van der Waals surface area (Å²) in [7, 11) is 0. The lowest BCUT2D eigenvalue weighted by Gasteiger charge is -2.61. The number of carbonyl (C=O) groups is 2. The molecule has 0 aromatic carbocycles. The minimum absolute atomic E-state index is 0.0285. The molecular formula is C34H54O5. The van der Waals surface area contributed by atoms with Crippen LogP contribution in [0.2, 0.25) is 0 Å². The van der Waals surface area contributed by atoms with E-state index in [0.717, 1.165) is 68.6 Å². The Morgan fingerprint density at radius 3 is 2.44 bits per heavy atom. The summed E-state index contributed by atoms with van der Waals surface area (Å²) in [5, 5.41) is 10.4. The Morgan fingerprint density at radius 2 is 1.69 bits per heavy atom. The molecule has 0 radical (unpaired) electrons. The summed E-state index contributed by atoms with van der Waals surface area (Å²) < 4.78 is 11.6. The number of fused-ring (bicyclic) bond motifs is 5. The maximum Gasteiger partial charge on any atom is 0.306 e. The predicted octanol–water partition coefficient (Wildman–Crippen LogP) is 7.23. The molecule has 6 fully saturated rings. The van der Waals surface area contributed by atoms with Crippen LogP contribution < -0.4 is 0 Å². The van der Waals surface area contributed by atoms with Gasteiger partial charge in [0.1, 0.15) is 5.60 Å². The molecule has 9 unspecified atom stereocenters. The van der Waals surface area contributed by atoms with Gasteiger partial charge in [0.25, 0.3) is 0 Å². The smallest absolute Gasteiger partial charge is 0.306 e. The van der Waals surface area contributed by atoms with Crippen molar-refractivity contribution in [1.29, 1.82) is 0 Å². The van der Waals surface area contributed by atoms with Crippen molar-refractivity contribution in [3.63, 3.8) is 0 Å². The zero-order valence-electron chi connectivity index (χ0n) is 24.9. The number of hydrogen-bond donors (Lipinski definition) is 1. The zero-order chi connectivity index (χ0) is 27.4. The highest BCUT2D eigenvalue weighted by molar-refractivity contribution is 5.73. The number of cyclic esters (lactones) is 1. The fraction of sp³-hybridized carbons (Fsp3) is 0.941. The topological polar surface area (TPSA) is 72.8 Å². The lowest BCUT2D eigenvalue weighted by molar-refractivity contribution is -0.172. The van der Waals surface area contributed by atoms with Crippen molar-refractivity contribution in [2.75, 3.05) is 6.61 Å². The molecule has 1 saturated heterocycles. The third-order valence-electron chi connectivity index (χ3n) is 13.8. The maximum absolute atomic E-state index is 13.3. The summed E-state index contributed by atoms with van der Waals surface area (Å²) in [5.41, 5.74) is 0.340. The Bertz CT molecular complexity index is 925. The molecule has 0 bridgehead atoms. The van der Waals surface area contributed by atoms with E-state index in [9.17, 15) is 14.7 Å². The standard InChI is InChI=1S/C34H54O5/c1-22(7-12-30(36)39-34(15-5-4-6-16-34)24-20-31(37)38-21-24)27-10-11-28-26-9-8-23-19-25(35)13-17-32(23,2)29(26)14-18-33(27,28)3/h22-29,35H,4-21H2,1-3H3/t22?,23?,24?,25-,26?,27?,28?,29?,32?,33?/m1/s1. The van der Waals surface area contributed by atoms with Crippen LogP contribution in [-0.4, -0.2) is 35.4 Å². The highest BCUT2D eigenvalue weighted by Gasteiger charge is 2.60. The SMILES string of the molecule is CC(CCC(=O)OC1(C2COC(=O)C2)CCCCC1)C1CCC2C3CCC4C[C@H](O)CCC4(C)C3CCC12C. The molecule has 0 aromatic heterocycles. The molecule has 0 spiro atoms. The van der Waals surface area contributed by atoms with Crippen molar-refractivity contribution in [3.05, 3.63) is 0 Å². The van der Waals surface area contributed by atoms with Crippen molar-refractivity contribution in [1.82, 2.24) is 0 Å². The summed E-state index contributed by atoms with van der Waals surface area (Å²) in [4.78, 5) is 25.1. The van der Waals surface area contributed by atoms with Gasteiger partial charge in [0.2, 0.25) is 0 Å². The minimum atomic E-state index is -0.488. The van der Waals surface area contributed by atoms with Gasteiger partial charge in [0.15, 0.2) is 0 Å². The molecule has 5 nitrogen and oxygen atoms in total. The summed E-state index contributed by atoms with van der Waals surface area (Å²) in [6, 6.07) is 0. The van der Waals surface area contributed by atoms with Crippen LogP contribution in [0.4, 0.5) is 0 Å². The molecule has 1 heterocycles. The highest BCUT2D eigenvalue weighted by Crippen LogP contribution is 2.68. The van der Waals surface area contributed by atoms with Crippen LogP contribution >= 0.6 is 0 Å². The van der Waals surface area contributed by atoms with Crippen LogP contribution in [0, 0.1) is 52.3 Å². The number of ether oxygens (including phenoxy) is 2. The molecule has 5 aliphatic carbocycles. The lowest BCUT2D eigenvalue weighted by atomic mass is 9.44. The molecule has 1 N–H and O–H groups in total. The van der Waals surface area contributed by atoms with Gasteiger partial charge in [0.05, 0.1) is 19.1 Å². The van der Waals surface area contributed by atoms with Crippen LogP contribution in [-0.2, 0) is 19.1 Å². The van der Waals surface area contributed by atoms with Gasteiger partial charge in [-0.2, -0.15) is 0 Å². The van der Waals surface area contributed by atoms with Crippen LogP contribution in [0.3, 0.4) is 0 Å². The van der Waals surface area contributed by atoms with Gasteiger partial charge in [0, 0.05) is 12.3 Å². The molecule has 1 aliphatic heterocycles. The van der Waals surface area contributed by atoms with Gasteiger partial charge in [-0.15, -0.1) is 0 Å². The molecule has 10 atom stereocenters. The van der Waals surface area contributed by atoms with Gasteiger partial charge in [-0.1, -0.05) is 27.2 Å². The molecule has 0 amide bonds. The third-order valence-corrected chi connectivity index (χ3v) is 13.8. The molecule has 6 aliphatic rings. The molecule has 5 saturated carbocycles. The predicted molar refractivity (Wildman–Crippen MR) is 151 cm³/mol. The Morgan fingerprint density at radius 1 is 0.949 bits per heavy atom. The summed E-state index contributed by atoms with van der Waals surface area (Å²) in [5.74, 6) is 4.28. The van der Waals surface area contributed by atoms with Gasteiger partial charge < -0.3 is 14.6 Å². The van der Waals surface area contributed by atoms with Crippen molar-refractivity contribution < 1.29 is 24.2 Å². The molecule has 5 heteroatoms. The van der Waals surface area contributed by atoms with E-state index in [2.05, 4.69) is 20.8 Å². The second-order valence-corrected chi connectivity index (χ2v) is 15.5. The second kappa shape index (κ2) is 10.6. The first-order valence-electron chi connectivity index (χ1n) is 16.7. The molecular weight excluding hydrogens is 488 g/mol. The van der Waals surface area contributed by atoms with E-state index < -0.39 is 5.60 Å². The van der Waals surface area contributed by atoms with E-state index in [1.165, 1.54) is 51.4 Å². The number of rotatable bonds is 6. The molecule has 6 rings (SSSR count). The van der Waals surface area contributed by atoms with E-state index in [1.54, 1.807) is 0 Å². The molecule has 220 valence electrons. The molecule has 39 heavy (non-hydrogen) atoms. The van der Waals surface area contributed by atoms with Crippen molar-refractivity contribution in [3.8, 4) is 0 Å².